The van der Waals surface area contributed by atoms with Crippen LogP contribution in [-0.2, 0) is 11.3 Å². The van der Waals surface area contributed by atoms with Gasteiger partial charge >= 0.3 is 0 Å². The van der Waals surface area contributed by atoms with E-state index in [9.17, 15) is 9.59 Å². The van der Waals surface area contributed by atoms with Gasteiger partial charge in [0.2, 0.25) is 0 Å². The lowest BCUT2D eigenvalue weighted by Crippen LogP contribution is -2.27. The largest absolute Gasteiger partial charge is 0.494 e. The number of amides is 2. The molecular weight excluding hydrogens is 506 g/mol. The van der Waals surface area contributed by atoms with E-state index in [1.165, 1.54) is 4.90 Å². The van der Waals surface area contributed by atoms with E-state index in [4.69, 9.17) is 16.3 Å². The summed E-state index contributed by atoms with van der Waals surface area (Å²) in [6.45, 7) is 0.193. The van der Waals surface area contributed by atoms with Gasteiger partial charge in [0.1, 0.15) is 5.75 Å². The van der Waals surface area contributed by atoms with Gasteiger partial charge in [-0.25, -0.2) is 0 Å². The van der Waals surface area contributed by atoms with Crippen molar-refractivity contribution in [2.45, 2.75) is 6.54 Å². The van der Waals surface area contributed by atoms with Gasteiger partial charge in [-0.1, -0.05) is 23.7 Å². The Labute approximate surface area is 176 Å². The minimum absolute atomic E-state index is 0.193. The molecule has 8 heteroatoms. The van der Waals surface area contributed by atoms with Crippen molar-refractivity contribution in [3.63, 3.8) is 0 Å². The summed E-state index contributed by atoms with van der Waals surface area (Å²) in [6.07, 6.45) is 1.69. The summed E-state index contributed by atoms with van der Waals surface area (Å²) in [5.41, 5.74) is 1.58. The second kappa shape index (κ2) is 8.17. The summed E-state index contributed by atoms with van der Waals surface area (Å²) in [6, 6.07) is 10.8. The smallest absolute Gasteiger partial charge is 0.293 e. The zero-order valence-electron chi connectivity index (χ0n) is 13.5. The van der Waals surface area contributed by atoms with E-state index in [-0.39, 0.29) is 17.7 Å². The molecule has 0 aliphatic carbocycles. The highest BCUT2D eigenvalue weighted by Crippen LogP contribution is 2.37. The number of hydrogen-bond acceptors (Lipinski definition) is 4. The molecule has 0 atom stereocenters. The first-order chi connectivity index (χ1) is 12.4. The Morgan fingerprint density at radius 1 is 1.19 bits per heavy atom. The van der Waals surface area contributed by atoms with Crippen LogP contribution < -0.4 is 4.74 Å². The fourth-order valence-electron chi connectivity index (χ4n) is 2.46. The number of rotatable bonds is 4. The molecular formula is C18H12Br2ClNO3S. The predicted molar refractivity (Wildman–Crippen MR) is 111 cm³/mol. The molecule has 0 unspecified atom stereocenters. The molecule has 0 N–H and O–H groups in total. The second-order valence-corrected chi connectivity index (χ2v) is 8.55. The van der Waals surface area contributed by atoms with Gasteiger partial charge in [0, 0.05) is 5.02 Å². The first-order valence-electron chi connectivity index (χ1n) is 7.42. The van der Waals surface area contributed by atoms with Gasteiger partial charge in [0.05, 0.1) is 27.5 Å². The molecule has 2 amide bonds. The molecule has 1 aliphatic rings. The third-order valence-electron chi connectivity index (χ3n) is 3.63. The van der Waals surface area contributed by atoms with Crippen molar-refractivity contribution >= 4 is 72.4 Å². The van der Waals surface area contributed by atoms with Crippen LogP contribution in [0.5, 0.6) is 5.75 Å². The van der Waals surface area contributed by atoms with E-state index in [0.29, 0.717) is 15.7 Å². The Morgan fingerprint density at radius 2 is 1.88 bits per heavy atom. The standard InChI is InChI=1S/C18H12Br2ClNO3S/c1-25-16-13(19)6-11(7-14(16)20)8-15-17(23)22(18(24)26-15)9-10-3-2-4-12(21)5-10/h2-8H,9H2,1H3/b15-8-. The van der Waals surface area contributed by atoms with Gasteiger partial charge in [-0.15, -0.1) is 0 Å². The molecule has 0 spiro atoms. The minimum atomic E-state index is -0.317. The SMILES string of the molecule is COc1c(Br)cc(/C=C2\SC(=O)N(Cc3cccc(Cl)c3)C2=O)cc1Br. The maximum atomic E-state index is 12.6. The summed E-state index contributed by atoms with van der Waals surface area (Å²) >= 11 is 13.8. The molecule has 2 aromatic rings. The van der Waals surface area contributed by atoms with Gasteiger partial charge in [-0.3, -0.25) is 14.5 Å². The zero-order valence-corrected chi connectivity index (χ0v) is 18.2. The number of halogens is 3. The highest BCUT2D eigenvalue weighted by molar-refractivity contribution is 9.11. The van der Waals surface area contributed by atoms with Gasteiger partial charge < -0.3 is 4.74 Å². The molecule has 1 saturated heterocycles. The molecule has 1 heterocycles. The number of thioether (sulfide) groups is 1. The number of nitrogens with zero attached hydrogens (tertiary/aromatic N) is 1. The highest BCUT2D eigenvalue weighted by atomic mass is 79.9. The lowest BCUT2D eigenvalue weighted by Gasteiger charge is -2.12. The summed E-state index contributed by atoms with van der Waals surface area (Å²) < 4.78 is 6.77. The Hall–Kier alpha value is -1.28. The first kappa shape index (κ1) is 19.5. The summed E-state index contributed by atoms with van der Waals surface area (Å²) in [5.74, 6) is 0.347. The van der Waals surface area contributed by atoms with Crippen molar-refractivity contribution < 1.29 is 14.3 Å². The van der Waals surface area contributed by atoms with Crippen molar-refractivity contribution in [3.8, 4) is 5.75 Å². The molecule has 1 aliphatic heterocycles. The Kier molecular flexibility index (Phi) is 6.12. The molecule has 0 bridgehead atoms. The second-order valence-electron chi connectivity index (χ2n) is 5.42. The lowest BCUT2D eigenvalue weighted by atomic mass is 10.2. The van der Waals surface area contributed by atoms with E-state index in [1.807, 2.05) is 18.2 Å². The van der Waals surface area contributed by atoms with E-state index >= 15 is 0 Å². The Balaban J connectivity index is 1.85. The van der Waals surface area contributed by atoms with Crippen LogP contribution in [0.1, 0.15) is 11.1 Å². The number of carbonyl (C=O) groups is 2. The average molecular weight is 518 g/mol. The Bertz CT molecular complexity index is 909. The maximum absolute atomic E-state index is 12.6. The Morgan fingerprint density at radius 3 is 2.50 bits per heavy atom. The third kappa shape index (κ3) is 4.17. The van der Waals surface area contributed by atoms with Crippen LogP contribution in [0, 0.1) is 0 Å². The van der Waals surface area contributed by atoms with E-state index in [0.717, 1.165) is 31.8 Å². The number of ether oxygens (including phenoxy) is 1. The topological polar surface area (TPSA) is 46.6 Å². The average Bonchev–Trinajstić information content (AvgIpc) is 2.82. The highest BCUT2D eigenvalue weighted by Gasteiger charge is 2.35. The normalized spacial score (nSPS) is 15.8. The van der Waals surface area contributed by atoms with Crippen molar-refractivity contribution in [3.05, 3.63) is 66.4 Å². The number of benzene rings is 2. The van der Waals surface area contributed by atoms with Crippen LogP contribution in [0.3, 0.4) is 0 Å². The predicted octanol–water partition coefficient (Wildman–Crippen LogP) is 6.11. The van der Waals surface area contributed by atoms with Crippen LogP contribution in [0.25, 0.3) is 6.08 Å². The van der Waals surface area contributed by atoms with Gasteiger partial charge in [0.25, 0.3) is 11.1 Å². The minimum Gasteiger partial charge on any atom is -0.494 e. The van der Waals surface area contributed by atoms with Crippen molar-refractivity contribution in [1.82, 2.24) is 4.90 Å². The number of imide groups is 1. The van der Waals surface area contributed by atoms with Crippen LogP contribution in [0.4, 0.5) is 4.79 Å². The van der Waals surface area contributed by atoms with Crippen LogP contribution in [-0.4, -0.2) is 23.2 Å². The van der Waals surface area contributed by atoms with Crippen LogP contribution >= 0.6 is 55.2 Å². The number of carbonyl (C=O) groups excluding carboxylic acids is 2. The first-order valence-corrected chi connectivity index (χ1v) is 10.2. The fraction of sp³-hybridized carbons (Fsp3) is 0.111. The molecule has 2 aromatic carbocycles. The van der Waals surface area contributed by atoms with E-state index in [1.54, 1.807) is 31.4 Å². The molecule has 3 rings (SSSR count). The summed E-state index contributed by atoms with van der Waals surface area (Å²) in [7, 11) is 1.58. The molecule has 1 fully saturated rings. The van der Waals surface area contributed by atoms with Crippen LogP contribution in [0.2, 0.25) is 5.02 Å². The van der Waals surface area contributed by atoms with Gasteiger partial charge in [-0.2, -0.15) is 0 Å². The van der Waals surface area contributed by atoms with Crippen molar-refractivity contribution in [1.29, 1.82) is 0 Å². The summed E-state index contributed by atoms with van der Waals surface area (Å²) in [5, 5.41) is 0.269. The molecule has 4 nitrogen and oxygen atoms in total. The maximum Gasteiger partial charge on any atom is 0.293 e. The number of methoxy groups -OCH3 is 1. The van der Waals surface area contributed by atoms with E-state index < -0.39 is 0 Å². The van der Waals surface area contributed by atoms with Crippen LogP contribution in [0.15, 0.2) is 50.2 Å². The quantitative estimate of drug-likeness (QED) is 0.459. The summed E-state index contributed by atoms with van der Waals surface area (Å²) in [4.78, 5) is 26.5. The molecule has 26 heavy (non-hydrogen) atoms. The molecule has 0 radical (unpaired) electrons. The number of hydrogen-bond donors (Lipinski definition) is 0. The monoisotopic (exact) mass is 515 g/mol. The van der Waals surface area contributed by atoms with E-state index in [2.05, 4.69) is 31.9 Å². The molecule has 0 saturated carbocycles. The lowest BCUT2D eigenvalue weighted by molar-refractivity contribution is -0.123. The molecule has 0 aromatic heterocycles. The van der Waals surface area contributed by atoms with Crippen molar-refractivity contribution in [2.75, 3.05) is 7.11 Å². The molecule has 134 valence electrons. The zero-order chi connectivity index (χ0) is 18.8. The third-order valence-corrected chi connectivity index (χ3v) is 5.95. The van der Waals surface area contributed by atoms with Gasteiger partial charge in [0.15, 0.2) is 0 Å². The fourth-order valence-corrected chi connectivity index (χ4v) is 5.06. The van der Waals surface area contributed by atoms with Crippen molar-refractivity contribution in [2.24, 2.45) is 0 Å². The van der Waals surface area contributed by atoms with Gasteiger partial charge in [-0.05, 0) is 85.1 Å².